The Morgan fingerprint density at radius 2 is 1.79 bits per heavy atom. The molecule has 29 heavy (non-hydrogen) atoms. The molecule has 0 aliphatic carbocycles. The number of hydrogen-bond acceptors (Lipinski definition) is 5. The number of hydrogen-bond donors (Lipinski definition) is 1. The minimum atomic E-state index is -0.220. The van der Waals surface area contributed by atoms with Crippen LogP contribution in [0.3, 0.4) is 0 Å². The van der Waals surface area contributed by atoms with Crippen molar-refractivity contribution in [2.24, 2.45) is 0 Å². The average Bonchev–Trinajstić information content (AvgIpc) is 3.30. The van der Waals surface area contributed by atoms with E-state index in [-0.39, 0.29) is 5.91 Å². The number of benzene rings is 2. The minimum Gasteiger partial charge on any atom is -0.493 e. The fourth-order valence-corrected chi connectivity index (χ4v) is 2.73. The highest BCUT2D eigenvalue weighted by atomic mass is 16.5. The molecule has 7 heteroatoms. The smallest absolute Gasteiger partial charge is 0.255 e. The molecule has 0 radical (unpaired) electrons. The van der Waals surface area contributed by atoms with E-state index in [9.17, 15) is 4.79 Å². The molecule has 0 saturated carbocycles. The summed E-state index contributed by atoms with van der Waals surface area (Å²) in [5.74, 6) is 1.36. The monoisotopic (exact) mass is 386 g/mol. The van der Waals surface area contributed by atoms with Crippen LogP contribution < -0.4 is 14.8 Å². The van der Waals surface area contributed by atoms with Crippen molar-refractivity contribution in [1.29, 1.82) is 0 Å². The Morgan fingerprint density at radius 1 is 1.00 bits per heavy atom. The van der Waals surface area contributed by atoms with Gasteiger partial charge >= 0.3 is 0 Å². The van der Waals surface area contributed by atoms with E-state index in [1.807, 2.05) is 41.1 Å². The normalized spacial score (nSPS) is 10.4. The van der Waals surface area contributed by atoms with Gasteiger partial charge in [0.1, 0.15) is 0 Å². The Balaban J connectivity index is 1.41. The largest absolute Gasteiger partial charge is 0.493 e. The highest BCUT2D eigenvalue weighted by Crippen LogP contribution is 2.30. The molecule has 2 heterocycles. The third-order valence-electron chi connectivity index (χ3n) is 4.21. The molecule has 7 nitrogen and oxygen atoms in total. The standard InChI is InChI=1S/C22H18N4O3/c1-28-19-4-2-3-5-20(19)29-21-11-8-17(14-24-21)25-22(27)16-6-9-18(10-7-16)26-13-12-23-15-26/h2-15H,1H3,(H,25,27). The van der Waals surface area contributed by atoms with Gasteiger partial charge in [0.25, 0.3) is 5.91 Å². The summed E-state index contributed by atoms with van der Waals surface area (Å²) >= 11 is 0. The number of pyridine rings is 1. The van der Waals surface area contributed by atoms with E-state index in [0.29, 0.717) is 28.6 Å². The van der Waals surface area contributed by atoms with E-state index in [2.05, 4.69) is 15.3 Å². The molecule has 1 N–H and O–H groups in total. The summed E-state index contributed by atoms with van der Waals surface area (Å²) in [5, 5.41) is 2.83. The zero-order valence-corrected chi connectivity index (χ0v) is 15.6. The Morgan fingerprint density at radius 3 is 2.45 bits per heavy atom. The number of carbonyl (C=O) groups is 1. The van der Waals surface area contributed by atoms with Crippen molar-refractivity contribution >= 4 is 11.6 Å². The second kappa shape index (κ2) is 8.26. The first-order chi connectivity index (χ1) is 14.2. The third kappa shape index (κ3) is 4.24. The van der Waals surface area contributed by atoms with Crippen LogP contribution >= 0.6 is 0 Å². The summed E-state index contributed by atoms with van der Waals surface area (Å²) in [5.41, 5.74) is 2.04. The molecule has 144 valence electrons. The van der Waals surface area contributed by atoms with Crippen molar-refractivity contribution in [1.82, 2.24) is 14.5 Å². The van der Waals surface area contributed by atoms with Gasteiger partial charge in [-0.05, 0) is 42.5 Å². The van der Waals surface area contributed by atoms with E-state index >= 15 is 0 Å². The van der Waals surface area contributed by atoms with Crippen LogP contribution in [0, 0.1) is 0 Å². The topological polar surface area (TPSA) is 78.3 Å². The molecule has 2 aromatic heterocycles. The van der Waals surface area contributed by atoms with Crippen molar-refractivity contribution in [2.75, 3.05) is 12.4 Å². The lowest BCUT2D eigenvalue weighted by molar-refractivity contribution is 0.102. The van der Waals surface area contributed by atoms with Crippen molar-refractivity contribution in [3.05, 3.63) is 91.1 Å². The number of methoxy groups -OCH3 is 1. The number of para-hydroxylation sites is 2. The van der Waals surface area contributed by atoms with Crippen LogP contribution in [0.15, 0.2) is 85.6 Å². The summed E-state index contributed by atoms with van der Waals surface area (Å²) in [6.07, 6.45) is 6.79. The predicted molar refractivity (Wildman–Crippen MR) is 109 cm³/mol. The van der Waals surface area contributed by atoms with E-state index < -0.39 is 0 Å². The highest BCUT2D eigenvalue weighted by Gasteiger charge is 2.09. The first kappa shape index (κ1) is 18.2. The Labute approximate surface area is 167 Å². The van der Waals surface area contributed by atoms with Crippen LogP contribution in [0.1, 0.15) is 10.4 Å². The maximum Gasteiger partial charge on any atom is 0.255 e. The number of aromatic nitrogens is 3. The van der Waals surface area contributed by atoms with Crippen LogP contribution in [-0.2, 0) is 0 Å². The zero-order valence-electron chi connectivity index (χ0n) is 15.6. The molecule has 0 bridgehead atoms. The molecule has 0 saturated heterocycles. The number of nitrogens with one attached hydrogen (secondary N) is 1. The molecule has 0 aliphatic rings. The number of anilines is 1. The van der Waals surface area contributed by atoms with Crippen molar-refractivity contribution in [2.45, 2.75) is 0 Å². The van der Waals surface area contributed by atoms with E-state index in [4.69, 9.17) is 9.47 Å². The number of nitrogens with zero attached hydrogens (tertiary/aromatic N) is 3. The summed E-state index contributed by atoms with van der Waals surface area (Å²) in [6, 6.07) is 18.0. The molecule has 0 fully saturated rings. The first-order valence-electron chi connectivity index (χ1n) is 8.89. The van der Waals surface area contributed by atoms with Gasteiger partial charge in [0.15, 0.2) is 11.5 Å². The van der Waals surface area contributed by atoms with Gasteiger partial charge in [-0.15, -0.1) is 0 Å². The van der Waals surface area contributed by atoms with Gasteiger partial charge in [-0.25, -0.2) is 9.97 Å². The first-order valence-corrected chi connectivity index (χ1v) is 8.89. The van der Waals surface area contributed by atoms with Gasteiger partial charge in [0.05, 0.1) is 25.3 Å². The van der Waals surface area contributed by atoms with Gasteiger partial charge < -0.3 is 19.4 Å². The molecular formula is C22H18N4O3. The third-order valence-corrected chi connectivity index (χ3v) is 4.21. The molecular weight excluding hydrogens is 368 g/mol. The Kier molecular flexibility index (Phi) is 5.20. The molecule has 2 aromatic carbocycles. The maximum atomic E-state index is 12.5. The van der Waals surface area contributed by atoms with E-state index in [1.54, 1.807) is 56.2 Å². The van der Waals surface area contributed by atoms with Crippen molar-refractivity contribution in [3.8, 4) is 23.1 Å². The second-order valence-electron chi connectivity index (χ2n) is 6.11. The minimum absolute atomic E-state index is 0.220. The fraction of sp³-hybridized carbons (Fsp3) is 0.0455. The van der Waals surface area contributed by atoms with Gasteiger partial charge in [-0.2, -0.15) is 0 Å². The lowest BCUT2D eigenvalue weighted by atomic mass is 10.2. The number of carbonyl (C=O) groups excluding carboxylic acids is 1. The Bertz CT molecular complexity index is 1090. The lowest BCUT2D eigenvalue weighted by Crippen LogP contribution is -2.12. The molecule has 1 amide bonds. The van der Waals surface area contributed by atoms with Crippen molar-refractivity contribution in [3.63, 3.8) is 0 Å². The maximum absolute atomic E-state index is 12.5. The number of ether oxygens (including phenoxy) is 2. The summed E-state index contributed by atoms with van der Waals surface area (Å²) in [4.78, 5) is 20.7. The quantitative estimate of drug-likeness (QED) is 0.534. The average molecular weight is 386 g/mol. The number of imidazole rings is 1. The zero-order chi connectivity index (χ0) is 20.1. The molecule has 0 atom stereocenters. The molecule has 4 aromatic rings. The van der Waals surface area contributed by atoms with Gasteiger partial charge in [-0.3, -0.25) is 4.79 Å². The molecule has 0 unspecified atom stereocenters. The molecule has 0 spiro atoms. The SMILES string of the molecule is COc1ccccc1Oc1ccc(NC(=O)c2ccc(-n3ccnc3)cc2)cn1. The number of amides is 1. The van der Waals surface area contributed by atoms with Crippen LogP contribution in [0.4, 0.5) is 5.69 Å². The summed E-state index contributed by atoms with van der Waals surface area (Å²) < 4.78 is 12.9. The van der Waals surface area contributed by atoms with Crippen LogP contribution in [0.2, 0.25) is 0 Å². The highest BCUT2D eigenvalue weighted by molar-refractivity contribution is 6.04. The summed E-state index contributed by atoms with van der Waals surface area (Å²) in [7, 11) is 1.58. The van der Waals surface area contributed by atoms with Crippen LogP contribution in [0.5, 0.6) is 17.4 Å². The molecule has 0 aliphatic heterocycles. The second-order valence-corrected chi connectivity index (χ2v) is 6.11. The molecule has 4 rings (SSSR count). The van der Waals surface area contributed by atoms with Crippen LogP contribution in [0.25, 0.3) is 5.69 Å². The summed E-state index contributed by atoms with van der Waals surface area (Å²) in [6.45, 7) is 0. The van der Waals surface area contributed by atoms with Gasteiger partial charge in [0, 0.05) is 29.7 Å². The van der Waals surface area contributed by atoms with Gasteiger partial charge in [0.2, 0.25) is 5.88 Å². The fourth-order valence-electron chi connectivity index (χ4n) is 2.73. The van der Waals surface area contributed by atoms with E-state index in [1.165, 1.54) is 0 Å². The van der Waals surface area contributed by atoms with Gasteiger partial charge in [-0.1, -0.05) is 12.1 Å². The lowest BCUT2D eigenvalue weighted by Gasteiger charge is -2.10. The number of rotatable bonds is 6. The Hall–Kier alpha value is -4.13. The predicted octanol–water partition coefficient (Wildman–Crippen LogP) is 4.32. The van der Waals surface area contributed by atoms with Crippen molar-refractivity contribution < 1.29 is 14.3 Å². The van der Waals surface area contributed by atoms with Crippen LogP contribution in [-0.4, -0.2) is 27.6 Å². The van der Waals surface area contributed by atoms with E-state index in [0.717, 1.165) is 5.69 Å².